The van der Waals surface area contributed by atoms with Crippen LogP contribution in [0.2, 0.25) is 0 Å². The number of rotatable bonds is 9. The summed E-state index contributed by atoms with van der Waals surface area (Å²) in [5, 5.41) is 6.79. The number of aryl methyl sites for hydroxylation is 1. The number of sulfone groups is 1. The molecule has 0 fully saturated rings. The Labute approximate surface area is 219 Å². The van der Waals surface area contributed by atoms with Crippen molar-refractivity contribution >= 4 is 42.3 Å². The fraction of sp³-hybridized carbons (Fsp3) is 0.160. The van der Waals surface area contributed by atoms with Gasteiger partial charge in [-0.1, -0.05) is 66.2 Å². The van der Waals surface area contributed by atoms with Crippen LogP contribution in [0, 0.1) is 6.92 Å². The molecule has 1 N–H and O–H groups in total. The zero-order valence-corrected chi connectivity index (χ0v) is 22.1. The maximum atomic E-state index is 13.8. The molecule has 5 rings (SSSR count). The van der Waals surface area contributed by atoms with Crippen LogP contribution in [0.4, 0.5) is 0 Å². The summed E-state index contributed by atoms with van der Waals surface area (Å²) in [7, 11) is -6.79. The summed E-state index contributed by atoms with van der Waals surface area (Å²) < 4.78 is 57.9. The van der Waals surface area contributed by atoms with E-state index < -0.39 is 26.0 Å². The van der Waals surface area contributed by atoms with Gasteiger partial charge in [-0.15, -0.1) is 21.5 Å². The van der Waals surface area contributed by atoms with Crippen molar-refractivity contribution in [2.24, 2.45) is 0 Å². The number of nitrogens with one attached hydrogen (secondary N) is 1. The molecule has 0 spiro atoms. The van der Waals surface area contributed by atoms with E-state index in [0.29, 0.717) is 16.1 Å². The Morgan fingerprint density at radius 1 is 0.973 bits per heavy atom. The van der Waals surface area contributed by atoms with Crippen LogP contribution in [-0.2, 0) is 33.0 Å². The molecule has 190 valence electrons. The number of benzene rings is 3. The molecule has 1 unspecified atom stereocenters. The molecule has 0 amide bonds. The maximum absolute atomic E-state index is 13.8. The summed E-state index contributed by atoms with van der Waals surface area (Å²) in [5.74, 6) is -0.460. The van der Waals surface area contributed by atoms with Gasteiger partial charge in [0.2, 0.25) is 22.7 Å². The first-order chi connectivity index (χ1) is 17.8. The molecule has 0 aliphatic carbocycles. The molecule has 2 aromatic heterocycles. The van der Waals surface area contributed by atoms with Crippen LogP contribution in [0.3, 0.4) is 0 Å². The quantitative estimate of drug-likeness (QED) is 0.262. The van der Waals surface area contributed by atoms with Gasteiger partial charge in [0.1, 0.15) is 5.01 Å². The van der Waals surface area contributed by atoms with Crippen molar-refractivity contribution in [1.29, 1.82) is 0 Å². The van der Waals surface area contributed by atoms with Crippen LogP contribution in [0.5, 0.6) is 0 Å². The highest BCUT2D eigenvalue weighted by molar-refractivity contribution is 7.91. The largest absolute Gasteiger partial charge is 0.422 e. The second kappa shape index (κ2) is 10.5. The zero-order valence-electron chi connectivity index (χ0n) is 19.6. The van der Waals surface area contributed by atoms with Crippen LogP contribution in [0.1, 0.15) is 33.2 Å². The Bertz CT molecular complexity index is 1740. The van der Waals surface area contributed by atoms with E-state index in [4.69, 9.17) is 4.42 Å². The average molecular weight is 555 g/mol. The molecule has 0 aliphatic heterocycles. The Morgan fingerprint density at radius 3 is 2.54 bits per heavy atom. The van der Waals surface area contributed by atoms with E-state index in [2.05, 4.69) is 19.9 Å². The normalized spacial score (nSPS) is 12.8. The van der Waals surface area contributed by atoms with E-state index in [1.165, 1.54) is 11.3 Å². The van der Waals surface area contributed by atoms with Crippen molar-refractivity contribution in [2.75, 3.05) is 0 Å². The van der Waals surface area contributed by atoms with Crippen molar-refractivity contribution < 1.29 is 21.3 Å². The maximum Gasteiger partial charge on any atom is 0.241 e. The summed E-state index contributed by atoms with van der Waals surface area (Å²) in [5.41, 5.74) is 4.24. The lowest BCUT2D eigenvalue weighted by molar-refractivity contribution is 0.444. The number of aromatic nitrogens is 3. The minimum absolute atomic E-state index is 0.0440. The summed E-state index contributed by atoms with van der Waals surface area (Å²) in [6.45, 7) is 1.65. The number of thiol groups is 1. The lowest BCUT2D eigenvalue weighted by Crippen LogP contribution is -2.17. The highest BCUT2D eigenvalue weighted by Crippen LogP contribution is 2.38. The van der Waals surface area contributed by atoms with Crippen LogP contribution in [-0.4, -0.2) is 32.0 Å². The van der Waals surface area contributed by atoms with Crippen molar-refractivity contribution in [3.8, 4) is 11.1 Å². The number of hydrogen-bond donors (Lipinski definition) is 2. The first kappa shape index (κ1) is 25.2. The molecule has 0 radical (unpaired) electrons. The Balaban J connectivity index is 1.57. The minimum atomic E-state index is -3.91. The molecule has 5 aromatic rings. The molecular formula is C25H22N4O5S3. The van der Waals surface area contributed by atoms with E-state index in [9.17, 15) is 16.8 Å². The number of thiazole rings is 1. The van der Waals surface area contributed by atoms with Crippen LogP contribution >= 0.6 is 11.3 Å². The van der Waals surface area contributed by atoms with Gasteiger partial charge >= 0.3 is 0 Å². The monoisotopic (exact) mass is 554 g/mol. The Morgan fingerprint density at radius 2 is 1.78 bits per heavy atom. The van der Waals surface area contributed by atoms with Gasteiger partial charge in [-0.05, 0) is 35.7 Å². The third kappa shape index (κ3) is 5.77. The predicted octanol–water partition coefficient (Wildman–Crippen LogP) is 3.98. The van der Waals surface area contributed by atoms with Gasteiger partial charge in [-0.2, -0.15) is 0 Å². The summed E-state index contributed by atoms with van der Waals surface area (Å²) in [6, 6.07) is 22.9. The van der Waals surface area contributed by atoms with Crippen LogP contribution in [0.25, 0.3) is 21.3 Å². The Hall–Kier alpha value is -3.45. The summed E-state index contributed by atoms with van der Waals surface area (Å²) in [6.07, 6.45) is 0. The van der Waals surface area contributed by atoms with Gasteiger partial charge in [-0.3, -0.25) is 0 Å². The number of nitrogens with zero attached hydrogens (tertiary/aromatic N) is 3. The summed E-state index contributed by atoms with van der Waals surface area (Å²) in [4.78, 5) is 4.63. The molecule has 9 nitrogen and oxygen atoms in total. The second-order valence-electron chi connectivity index (χ2n) is 8.40. The van der Waals surface area contributed by atoms with E-state index in [-0.39, 0.29) is 24.1 Å². The number of hydrogen-bond acceptors (Lipinski definition) is 9. The standard InChI is InChI=1S/C25H22N4O5S3/c1-16-6-5-7-17(12-16)15-37(32,33)23(24-29-28-22(34-24)14-26-36(30)31)25-27-20-11-10-19(13-21(20)35-25)18-8-3-2-4-9-18/h2-13,23,36H,14-15H2,1H3,(H,26,30,31). The molecule has 0 saturated heterocycles. The van der Waals surface area contributed by atoms with E-state index >= 15 is 0 Å². The highest BCUT2D eigenvalue weighted by atomic mass is 32.2. The SMILES string of the molecule is Cc1cccc(CS(=O)(=O)C(c2nnc(CN[SH](=O)=O)o2)c2nc3ccc(-c4ccccc4)cc3s2)c1. The van der Waals surface area contributed by atoms with Gasteiger partial charge in [0.15, 0.2) is 15.1 Å². The molecule has 1 atom stereocenters. The molecule has 0 aliphatic rings. The predicted molar refractivity (Wildman–Crippen MR) is 142 cm³/mol. The number of fused-ring (bicyclic) bond motifs is 1. The molecule has 0 saturated carbocycles. The van der Waals surface area contributed by atoms with Gasteiger partial charge in [0.25, 0.3) is 0 Å². The molecular weight excluding hydrogens is 532 g/mol. The fourth-order valence-corrected chi connectivity index (χ4v) is 7.37. The lowest BCUT2D eigenvalue weighted by atomic mass is 10.1. The van der Waals surface area contributed by atoms with Gasteiger partial charge in [0, 0.05) is 0 Å². The second-order valence-corrected chi connectivity index (χ2v) is 12.4. The van der Waals surface area contributed by atoms with Gasteiger partial charge in [0.05, 0.1) is 22.5 Å². The van der Waals surface area contributed by atoms with Crippen molar-refractivity contribution in [2.45, 2.75) is 24.5 Å². The molecule has 37 heavy (non-hydrogen) atoms. The Kier molecular flexibility index (Phi) is 7.15. The minimum Gasteiger partial charge on any atom is -0.422 e. The molecule has 0 bridgehead atoms. The first-order valence-corrected chi connectivity index (χ1v) is 14.9. The van der Waals surface area contributed by atoms with Crippen LogP contribution < -0.4 is 4.72 Å². The summed E-state index contributed by atoms with van der Waals surface area (Å²) >= 11 is 1.25. The fourth-order valence-electron chi connectivity index (χ4n) is 3.97. The van der Waals surface area contributed by atoms with E-state index in [0.717, 1.165) is 21.4 Å². The smallest absolute Gasteiger partial charge is 0.241 e. The lowest BCUT2D eigenvalue weighted by Gasteiger charge is -2.12. The topological polar surface area (TPSA) is 132 Å². The molecule has 12 heteroatoms. The average Bonchev–Trinajstić information content (AvgIpc) is 3.49. The van der Waals surface area contributed by atoms with E-state index in [1.807, 2.05) is 67.6 Å². The highest BCUT2D eigenvalue weighted by Gasteiger charge is 2.37. The third-order valence-electron chi connectivity index (χ3n) is 5.61. The van der Waals surface area contributed by atoms with Crippen molar-refractivity contribution in [3.63, 3.8) is 0 Å². The molecule has 3 aromatic carbocycles. The van der Waals surface area contributed by atoms with Gasteiger partial charge < -0.3 is 4.42 Å². The van der Waals surface area contributed by atoms with Crippen LogP contribution in [0.15, 0.2) is 77.2 Å². The van der Waals surface area contributed by atoms with Crippen molar-refractivity contribution in [3.05, 3.63) is 101 Å². The first-order valence-electron chi connectivity index (χ1n) is 11.2. The third-order valence-corrected chi connectivity index (χ3v) is 9.14. The molecule has 2 heterocycles. The van der Waals surface area contributed by atoms with E-state index in [1.54, 1.807) is 12.1 Å². The van der Waals surface area contributed by atoms with Crippen molar-refractivity contribution in [1.82, 2.24) is 19.9 Å². The van der Waals surface area contributed by atoms with Gasteiger partial charge in [-0.25, -0.2) is 26.5 Å². The zero-order chi connectivity index (χ0) is 26.0.